The average Bonchev–Trinajstić information content (AvgIpc) is 3.37. The second-order valence-electron chi connectivity index (χ2n) is 8.04. The third kappa shape index (κ3) is 5.58. The lowest BCUT2D eigenvalue weighted by molar-refractivity contribution is -0.116. The van der Waals surface area contributed by atoms with Gasteiger partial charge in [0.05, 0.1) is 18.9 Å². The molecule has 0 bridgehead atoms. The molecule has 0 saturated heterocycles. The van der Waals surface area contributed by atoms with Crippen LogP contribution in [0.4, 0.5) is 5.69 Å². The summed E-state index contributed by atoms with van der Waals surface area (Å²) in [5.74, 6) is 1.02. The molecule has 1 aromatic heterocycles. The van der Waals surface area contributed by atoms with Crippen molar-refractivity contribution < 1.29 is 18.7 Å². The van der Waals surface area contributed by atoms with E-state index in [1.54, 1.807) is 55.8 Å². The molecule has 4 rings (SSSR count). The first kappa shape index (κ1) is 23.8. The molecule has 0 aliphatic heterocycles. The minimum atomic E-state index is -0.302. The number of carbonyl (C=O) groups excluding carboxylic acids is 2. The molecule has 7 heteroatoms. The highest BCUT2D eigenvalue weighted by atomic mass is 16.5. The van der Waals surface area contributed by atoms with E-state index in [1.807, 2.05) is 44.2 Å². The number of aromatic nitrogens is 1. The highest BCUT2D eigenvalue weighted by Crippen LogP contribution is 2.29. The summed E-state index contributed by atoms with van der Waals surface area (Å²) in [4.78, 5) is 32.0. The van der Waals surface area contributed by atoms with Crippen LogP contribution in [-0.2, 0) is 4.79 Å². The van der Waals surface area contributed by atoms with Gasteiger partial charge in [0, 0.05) is 29.4 Å². The van der Waals surface area contributed by atoms with Crippen LogP contribution in [0.3, 0.4) is 0 Å². The number of amides is 2. The van der Waals surface area contributed by atoms with Crippen LogP contribution in [0.2, 0.25) is 0 Å². The smallest absolute Gasteiger partial charge is 0.255 e. The molecule has 0 aliphatic rings. The number of nitrogens with one attached hydrogen (secondary N) is 1. The van der Waals surface area contributed by atoms with E-state index >= 15 is 0 Å². The molecule has 1 N–H and O–H groups in total. The van der Waals surface area contributed by atoms with Crippen LogP contribution in [0.1, 0.15) is 22.8 Å². The summed E-state index contributed by atoms with van der Waals surface area (Å²) in [6.45, 7) is 4.12. The van der Waals surface area contributed by atoms with Crippen molar-refractivity contribution in [2.45, 2.75) is 13.8 Å². The predicted molar refractivity (Wildman–Crippen MR) is 135 cm³/mol. The molecular formula is C28H27N3O4. The van der Waals surface area contributed by atoms with Gasteiger partial charge in [-0.05, 0) is 38.1 Å². The van der Waals surface area contributed by atoms with Crippen molar-refractivity contribution in [2.24, 2.45) is 0 Å². The van der Waals surface area contributed by atoms with E-state index in [0.29, 0.717) is 40.8 Å². The van der Waals surface area contributed by atoms with Gasteiger partial charge in [-0.15, -0.1) is 0 Å². The van der Waals surface area contributed by atoms with Crippen molar-refractivity contribution in [3.05, 3.63) is 90.1 Å². The second kappa shape index (κ2) is 10.7. The Hall–Kier alpha value is -4.39. The molecule has 2 amide bonds. The molecule has 35 heavy (non-hydrogen) atoms. The van der Waals surface area contributed by atoms with E-state index < -0.39 is 0 Å². The maximum atomic E-state index is 13.4. The molecule has 0 aliphatic carbocycles. The van der Waals surface area contributed by atoms with Crippen molar-refractivity contribution in [1.29, 1.82) is 0 Å². The van der Waals surface area contributed by atoms with Crippen molar-refractivity contribution in [1.82, 2.24) is 9.88 Å². The molecule has 3 aromatic carbocycles. The van der Waals surface area contributed by atoms with Gasteiger partial charge in [0.1, 0.15) is 12.3 Å². The fourth-order valence-electron chi connectivity index (χ4n) is 3.68. The van der Waals surface area contributed by atoms with E-state index in [2.05, 4.69) is 10.3 Å². The van der Waals surface area contributed by atoms with Gasteiger partial charge in [0.25, 0.3) is 5.91 Å². The summed E-state index contributed by atoms with van der Waals surface area (Å²) in [6, 6.07) is 22.1. The minimum absolute atomic E-state index is 0.0962. The molecule has 178 valence electrons. The molecule has 0 spiro atoms. The third-order valence-corrected chi connectivity index (χ3v) is 5.59. The Labute approximate surface area is 204 Å². The Morgan fingerprint density at radius 3 is 2.54 bits per heavy atom. The number of aryl methyl sites for hydroxylation is 1. The van der Waals surface area contributed by atoms with Gasteiger partial charge in [0.2, 0.25) is 11.8 Å². The number of carbonyl (C=O) groups is 2. The second-order valence-corrected chi connectivity index (χ2v) is 8.04. The number of rotatable bonds is 8. The van der Waals surface area contributed by atoms with Gasteiger partial charge in [0.15, 0.2) is 5.76 Å². The number of benzene rings is 3. The molecule has 7 nitrogen and oxygen atoms in total. The summed E-state index contributed by atoms with van der Waals surface area (Å²) in [5.41, 5.74) is 3.65. The summed E-state index contributed by atoms with van der Waals surface area (Å²) in [6.07, 6.45) is 1.65. The number of anilines is 1. The number of hydrogen-bond acceptors (Lipinski definition) is 5. The Balaban J connectivity index is 1.53. The average molecular weight is 470 g/mol. The van der Waals surface area contributed by atoms with Crippen molar-refractivity contribution in [3.8, 4) is 28.5 Å². The van der Waals surface area contributed by atoms with Crippen LogP contribution >= 0.6 is 0 Å². The summed E-state index contributed by atoms with van der Waals surface area (Å²) < 4.78 is 11.2. The SMILES string of the molecule is CCN(CC(=O)Nc1cccc(OC)c1)C(=O)c1ccccc1-c1ncc(-c2ccc(C)cc2)o1. The Kier molecular flexibility index (Phi) is 7.26. The number of likely N-dealkylation sites (N-methyl/N-ethyl adjacent to an activating group) is 1. The van der Waals surface area contributed by atoms with E-state index in [4.69, 9.17) is 9.15 Å². The topological polar surface area (TPSA) is 84.7 Å². The minimum Gasteiger partial charge on any atom is -0.497 e. The summed E-state index contributed by atoms with van der Waals surface area (Å²) in [5, 5.41) is 2.82. The Morgan fingerprint density at radius 1 is 1.03 bits per heavy atom. The first-order valence-electron chi connectivity index (χ1n) is 11.3. The van der Waals surface area contributed by atoms with Crippen molar-refractivity contribution >= 4 is 17.5 Å². The molecule has 0 saturated carbocycles. The van der Waals surface area contributed by atoms with Crippen LogP contribution in [0.5, 0.6) is 5.75 Å². The largest absolute Gasteiger partial charge is 0.497 e. The van der Waals surface area contributed by atoms with Gasteiger partial charge in [-0.25, -0.2) is 4.98 Å². The number of nitrogens with zero attached hydrogens (tertiary/aromatic N) is 2. The van der Waals surface area contributed by atoms with Crippen LogP contribution in [0.25, 0.3) is 22.8 Å². The molecule has 1 heterocycles. The van der Waals surface area contributed by atoms with Crippen LogP contribution < -0.4 is 10.1 Å². The Bertz CT molecular complexity index is 1330. The number of hydrogen-bond donors (Lipinski definition) is 1. The molecule has 0 radical (unpaired) electrons. The molecular weight excluding hydrogens is 442 g/mol. The fourth-order valence-corrected chi connectivity index (χ4v) is 3.68. The molecule has 4 aromatic rings. The maximum Gasteiger partial charge on any atom is 0.255 e. The summed E-state index contributed by atoms with van der Waals surface area (Å²) in [7, 11) is 1.56. The van der Waals surface area contributed by atoms with Gasteiger partial charge in [-0.3, -0.25) is 9.59 Å². The monoisotopic (exact) mass is 469 g/mol. The number of methoxy groups -OCH3 is 1. The predicted octanol–water partition coefficient (Wildman–Crippen LogP) is 5.43. The number of ether oxygens (including phenoxy) is 1. The lowest BCUT2D eigenvalue weighted by Crippen LogP contribution is -2.38. The molecule has 0 atom stereocenters. The zero-order valence-corrected chi connectivity index (χ0v) is 19.9. The van der Waals surface area contributed by atoms with Crippen LogP contribution in [0.15, 0.2) is 83.4 Å². The highest BCUT2D eigenvalue weighted by Gasteiger charge is 2.22. The van der Waals surface area contributed by atoms with Crippen LogP contribution in [-0.4, -0.2) is 41.9 Å². The zero-order chi connectivity index (χ0) is 24.8. The third-order valence-electron chi connectivity index (χ3n) is 5.59. The fraction of sp³-hybridized carbons (Fsp3) is 0.179. The lowest BCUT2D eigenvalue weighted by atomic mass is 10.1. The quantitative estimate of drug-likeness (QED) is 0.372. The van der Waals surface area contributed by atoms with Gasteiger partial charge < -0.3 is 19.4 Å². The van der Waals surface area contributed by atoms with Gasteiger partial charge >= 0.3 is 0 Å². The lowest BCUT2D eigenvalue weighted by Gasteiger charge is -2.21. The van der Waals surface area contributed by atoms with Crippen LogP contribution in [0, 0.1) is 6.92 Å². The molecule has 0 unspecified atom stereocenters. The van der Waals surface area contributed by atoms with E-state index in [0.717, 1.165) is 11.1 Å². The molecule has 0 fully saturated rings. The highest BCUT2D eigenvalue weighted by molar-refractivity contribution is 6.03. The maximum absolute atomic E-state index is 13.4. The zero-order valence-electron chi connectivity index (χ0n) is 19.9. The standard InChI is InChI=1S/C28H27N3O4/c1-4-31(18-26(32)30-21-8-7-9-22(16-21)34-3)28(33)24-11-6-5-10-23(24)27-29-17-25(35-27)20-14-12-19(2)13-15-20/h5-17H,4,18H2,1-3H3,(H,30,32). The van der Waals surface area contributed by atoms with Gasteiger partial charge in [-0.1, -0.05) is 48.0 Å². The first-order chi connectivity index (χ1) is 17.0. The van der Waals surface area contributed by atoms with E-state index in [1.165, 1.54) is 4.90 Å². The van der Waals surface area contributed by atoms with Crippen molar-refractivity contribution in [2.75, 3.05) is 25.5 Å². The van der Waals surface area contributed by atoms with E-state index in [9.17, 15) is 9.59 Å². The number of oxazole rings is 1. The first-order valence-corrected chi connectivity index (χ1v) is 11.3. The van der Waals surface area contributed by atoms with Crippen molar-refractivity contribution in [3.63, 3.8) is 0 Å². The summed E-state index contributed by atoms with van der Waals surface area (Å²) >= 11 is 0. The van der Waals surface area contributed by atoms with E-state index in [-0.39, 0.29) is 18.4 Å². The Morgan fingerprint density at radius 2 is 1.80 bits per heavy atom. The van der Waals surface area contributed by atoms with Gasteiger partial charge in [-0.2, -0.15) is 0 Å². The normalized spacial score (nSPS) is 10.6.